The van der Waals surface area contributed by atoms with Crippen LogP contribution in [-0.4, -0.2) is 63.2 Å². The molecule has 2 aromatic carbocycles. The first-order valence-corrected chi connectivity index (χ1v) is 16.6. The van der Waals surface area contributed by atoms with Gasteiger partial charge < -0.3 is 30.6 Å². The summed E-state index contributed by atoms with van der Waals surface area (Å²) >= 11 is 1.07. The number of alkyl halides is 1. The molecule has 3 aliphatic rings. The Bertz CT molecular complexity index is 1670. The van der Waals surface area contributed by atoms with Crippen LogP contribution >= 0.6 is 11.8 Å². The van der Waals surface area contributed by atoms with Gasteiger partial charge >= 0.3 is 51.4 Å². The molecule has 0 amide bonds. The monoisotopic (exact) mass is 702 g/mol. The molecule has 0 radical (unpaired) electrons. The molecule has 0 spiro atoms. The SMILES string of the molecule is C=C(N)CSc1c(F)ccc(-c2c(O)[c-]c(/C(=N\[CH-]OCC34CCCN3CC(F)C4)NCc3cn[nH]c3)c3c2COC3)c1C#N.CC.[K+]. The molecule has 3 aliphatic heterocycles. The van der Waals surface area contributed by atoms with Gasteiger partial charge in [0, 0.05) is 60.6 Å². The average Bonchev–Trinajstić information content (AvgIpc) is 3.86. The van der Waals surface area contributed by atoms with Crippen molar-refractivity contribution in [3.05, 3.63) is 83.2 Å². The van der Waals surface area contributed by atoms with Crippen LogP contribution in [0.15, 0.2) is 46.7 Å². The van der Waals surface area contributed by atoms with Crippen molar-refractivity contribution in [1.29, 1.82) is 5.26 Å². The predicted octanol–water partition coefficient (Wildman–Crippen LogP) is 2.47. The molecule has 2 saturated heterocycles. The smallest absolute Gasteiger partial charge is 0.527 e. The average molecular weight is 703 g/mol. The van der Waals surface area contributed by atoms with Crippen molar-refractivity contribution in [2.75, 3.05) is 25.4 Å². The summed E-state index contributed by atoms with van der Waals surface area (Å²) in [6.45, 7) is 11.3. The number of nitriles is 1. The Morgan fingerprint density at radius 1 is 1.42 bits per heavy atom. The maximum Gasteiger partial charge on any atom is 1.00 e. The summed E-state index contributed by atoms with van der Waals surface area (Å²) in [4.78, 5) is 6.89. The molecule has 2 unspecified atom stereocenters. The van der Waals surface area contributed by atoms with Gasteiger partial charge in [-0.15, -0.1) is 29.0 Å². The van der Waals surface area contributed by atoms with E-state index in [0.717, 1.165) is 36.7 Å². The molecule has 0 saturated carbocycles. The molecule has 10 nitrogen and oxygen atoms in total. The molecule has 3 aromatic rings. The largest absolute Gasteiger partial charge is 1.00 e. The van der Waals surface area contributed by atoms with Crippen molar-refractivity contribution >= 4 is 17.6 Å². The van der Waals surface area contributed by atoms with E-state index < -0.39 is 12.0 Å². The number of rotatable bonds is 11. The van der Waals surface area contributed by atoms with Crippen molar-refractivity contribution < 1.29 is 74.7 Å². The Balaban J connectivity index is 0.00000170. The van der Waals surface area contributed by atoms with Crippen molar-refractivity contribution in [3.8, 4) is 22.9 Å². The van der Waals surface area contributed by atoms with Gasteiger partial charge in [-0.05, 0) is 43.6 Å². The fourth-order valence-corrected chi connectivity index (χ4v) is 7.27. The quantitative estimate of drug-likeness (QED) is 0.0592. The molecule has 2 fully saturated rings. The number of H-pyrrole nitrogens is 1. The van der Waals surface area contributed by atoms with Crippen LogP contribution in [0, 0.1) is 29.9 Å². The normalized spacial score (nSPS) is 19.8. The third-order valence-corrected chi connectivity index (χ3v) is 9.66. The number of fused-ring (bicyclic) bond motifs is 2. The number of benzene rings is 2. The standard InChI is InChI=1S/C32H33F2N7O3S.C2H6.K/c1-19(36)16-45-30-24(9-35)22(3-4-27(30)34)29-26-15-43-14-25(26)23(7-28(29)42)31(37-10-20-11-39-40-12-20)38-18-44-17-32-5-2-6-41(32)13-21(33)8-32;1-2;/h3-4,11-12,18,21,42H,1-2,5-6,8,10,13-17,36H2,(H,37,38)(H,39,40);1-2H3;/q-2;;+1. The fraction of sp³-hybridized carbons (Fsp3) is 0.412. The molecule has 5 N–H and O–H groups in total. The molecule has 2 atom stereocenters. The molecule has 250 valence electrons. The maximum absolute atomic E-state index is 14.9. The Labute approximate surface area is 327 Å². The second kappa shape index (κ2) is 17.5. The minimum absolute atomic E-state index is 0. The van der Waals surface area contributed by atoms with Gasteiger partial charge in [0.05, 0.1) is 29.9 Å². The summed E-state index contributed by atoms with van der Waals surface area (Å²) in [6, 6.07) is 7.89. The van der Waals surface area contributed by atoms with Crippen LogP contribution in [0.2, 0.25) is 0 Å². The number of nitrogens with one attached hydrogen (secondary N) is 2. The first-order chi connectivity index (χ1) is 22.8. The number of ether oxygens (including phenoxy) is 2. The van der Waals surface area contributed by atoms with Gasteiger partial charge in [0.1, 0.15) is 18.1 Å². The zero-order valence-corrected chi connectivity index (χ0v) is 31.5. The number of halogens is 2. The van der Waals surface area contributed by atoms with E-state index in [2.05, 4.69) is 44.1 Å². The van der Waals surface area contributed by atoms with E-state index in [9.17, 15) is 19.1 Å². The third-order valence-electron chi connectivity index (χ3n) is 8.45. The number of hydrogen-bond acceptors (Lipinski definition) is 9. The molecular weight excluding hydrogens is 664 g/mol. The Morgan fingerprint density at radius 2 is 2.21 bits per heavy atom. The molecular formula is C34H39F2KN7O3S-. The van der Waals surface area contributed by atoms with E-state index in [1.54, 1.807) is 12.4 Å². The zero-order chi connectivity index (χ0) is 33.6. The van der Waals surface area contributed by atoms with E-state index >= 15 is 0 Å². The van der Waals surface area contributed by atoms with E-state index in [0.29, 0.717) is 65.5 Å². The van der Waals surface area contributed by atoms with E-state index in [-0.39, 0.29) is 92.1 Å². The number of aromatic hydroxyl groups is 1. The van der Waals surface area contributed by atoms with Crippen LogP contribution in [0.25, 0.3) is 11.1 Å². The van der Waals surface area contributed by atoms with E-state index in [1.165, 1.54) is 18.9 Å². The van der Waals surface area contributed by atoms with Crippen molar-refractivity contribution in [3.63, 3.8) is 0 Å². The summed E-state index contributed by atoms with van der Waals surface area (Å²) in [6.07, 6.45) is 4.89. The summed E-state index contributed by atoms with van der Waals surface area (Å²) in [7, 11) is 0. The van der Waals surface area contributed by atoms with Crippen LogP contribution < -0.4 is 62.4 Å². The predicted molar refractivity (Wildman–Crippen MR) is 176 cm³/mol. The second-order valence-corrected chi connectivity index (χ2v) is 12.4. The van der Waals surface area contributed by atoms with E-state index in [4.69, 9.17) is 15.2 Å². The van der Waals surface area contributed by atoms with Gasteiger partial charge in [0.15, 0.2) is 0 Å². The number of hydrogen-bond donors (Lipinski definition) is 4. The number of phenols is 1. The van der Waals surface area contributed by atoms with Gasteiger partial charge in [-0.2, -0.15) is 10.4 Å². The summed E-state index contributed by atoms with van der Waals surface area (Å²) in [5, 5.41) is 31.5. The molecule has 0 bridgehead atoms. The number of thioether (sulfide) groups is 1. The van der Waals surface area contributed by atoms with Gasteiger partial charge in [-0.1, -0.05) is 37.6 Å². The Morgan fingerprint density at radius 3 is 2.94 bits per heavy atom. The minimum atomic E-state index is -0.860. The topological polar surface area (TPSA) is 145 Å². The van der Waals surface area contributed by atoms with Gasteiger partial charge in [0.2, 0.25) is 0 Å². The van der Waals surface area contributed by atoms with Gasteiger partial charge in [-0.25, -0.2) is 8.78 Å². The van der Waals surface area contributed by atoms with Crippen LogP contribution in [0.4, 0.5) is 8.78 Å². The summed E-state index contributed by atoms with van der Waals surface area (Å²) < 4.78 is 40.8. The van der Waals surface area contributed by atoms with Crippen LogP contribution in [0.5, 0.6) is 5.75 Å². The number of aliphatic imine (C=N–C) groups is 1. The number of aromatic nitrogens is 2. The number of nitrogens with zero attached hydrogens (tertiary/aromatic N) is 4. The summed E-state index contributed by atoms with van der Waals surface area (Å²) in [5.41, 5.74) is 9.18. The Hall–Kier alpha value is -2.45. The first kappa shape index (κ1) is 38.3. The van der Waals surface area contributed by atoms with E-state index in [1.807, 2.05) is 13.8 Å². The first-order valence-electron chi connectivity index (χ1n) is 15.6. The summed E-state index contributed by atoms with van der Waals surface area (Å²) in [5.74, 6) is -0.215. The zero-order valence-electron chi connectivity index (χ0n) is 27.5. The number of phenolic OH excluding ortho intramolecular Hbond substituents is 1. The van der Waals surface area contributed by atoms with Crippen molar-refractivity contribution in [2.45, 2.75) is 69.5 Å². The third kappa shape index (κ3) is 8.28. The van der Waals surface area contributed by atoms with Crippen LogP contribution in [-0.2, 0) is 29.2 Å². The molecule has 1 aromatic heterocycles. The molecule has 0 aliphatic carbocycles. The van der Waals surface area contributed by atoms with Crippen molar-refractivity contribution in [2.24, 2.45) is 10.7 Å². The minimum Gasteiger partial charge on any atom is -0.527 e. The van der Waals surface area contributed by atoms with Crippen LogP contribution in [0.1, 0.15) is 60.9 Å². The second-order valence-electron chi connectivity index (χ2n) is 11.5. The number of aromatic amines is 1. The number of amidine groups is 1. The molecule has 6 rings (SSSR count). The molecule has 14 heteroatoms. The fourth-order valence-electron chi connectivity index (χ4n) is 6.44. The maximum atomic E-state index is 14.9. The molecule has 4 heterocycles. The Kier molecular flexibility index (Phi) is 14.0. The van der Waals surface area contributed by atoms with Gasteiger partial charge in [0.25, 0.3) is 0 Å². The van der Waals surface area contributed by atoms with Gasteiger partial charge in [-0.3, -0.25) is 10.00 Å². The number of nitrogens with two attached hydrogens (primary N) is 1. The van der Waals surface area contributed by atoms with Crippen LogP contribution in [0.3, 0.4) is 0 Å². The molecule has 48 heavy (non-hydrogen) atoms. The van der Waals surface area contributed by atoms with Crippen molar-refractivity contribution in [1.82, 2.24) is 20.4 Å².